The van der Waals surface area contributed by atoms with E-state index in [-0.39, 0.29) is 29.6 Å². The van der Waals surface area contributed by atoms with Crippen molar-refractivity contribution in [1.82, 2.24) is 10.6 Å². The Morgan fingerprint density at radius 3 is 2.62 bits per heavy atom. The van der Waals surface area contributed by atoms with Crippen molar-refractivity contribution in [1.29, 1.82) is 0 Å². The van der Waals surface area contributed by atoms with Crippen LogP contribution in [0.15, 0.2) is 18.2 Å². The molecule has 0 aromatic heterocycles. The lowest BCUT2D eigenvalue weighted by Crippen LogP contribution is -2.53. The van der Waals surface area contributed by atoms with Crippen molar-refractivity contribution < 1.29 is 14.3 Å². The normalized spacial score (nSPS) is 21.5. The predicted molar refractivity (Wildman–Crippen MR) is 93.9 cm³/mol. The van der Waals surface area contributed by atoms with E-state index in [2.05, 4.69) is 22.8 Å². The number of fused-ring (bicyclic) bond motifs is 1. The highest BCUT2D eigenvalue weighted by atomic mass is 35.5. The maximum absolute atomic E-state index is 12.2. The van der Waals surface area contributed by atoms with Gasteiger partial charge in [-0.15, -0.1) is 12.4 Å². The maximum Gasteiger partial charge on any atom is 0.231 e. The fourth-order valence-corrected chi connectivity index (χ4v) is 3.90. The molecule has 1 aliphatic carbocycles. The Morgan fingerprint density at radius 2 is 1.92 bits per heavy atom. The van der Waals surface area contributed by atoms with Gasteiger partial charge < -0.3 is 20.1 Å². The summed E-state index contributed by atoms with van der Waals surface area (Å²) in [6, 6.07) is 6.27. The van der Waals surface area contributed by atoms with Crippen LogP contribution in [-0.4, -0.2) is 32.3 Å². The molecule has 1 saturated carbocycles. The highest BCUT2D eigenvalue weighted by Crippen LogP contribution is 2.43. The van der Waals surface area contributed by atoms with E-state index < -0.39 is 0 Å². The lowest BCUT2D eigenvalue weighted by molar-refractivity contribution is -0.126. The summed E-state index contributed by atoms with van der Waals surface area (Å²) in [7, 11) is 0. The molecule has 2 N–H and O–H groups in total. The number of hydrogen-bond acceptors (Lipinski definition) is 4. The monoisotopic (exact) mass is 352 g/mol. The van der Waals surface area contributed by atoms with Crippen LogP contribution in [0.3, 0.4) is 0 Å². The van der Waals surface area contributed by atoms with E-state index in [1.165, 1.54) is 24.8 Å². The third-order valence-electron chi connectivity index (χ3n) is 5.55. The molecule has 5 nitrogen and oxygen atoms in total. The molecule has 1 amide bonds. The van der Waals surface area contributed by atoms with Crippen molar-refractivity contribution in [2.24, 2.45) is 5.92 Å². The highest BCUT2D eigenvalue weighted by Gasteiger charge is 2.36. The number of hydrogen-bond donors (Lipinski definition) is 2. The van der Waals surface area contributed by atoms with Crippen molar-refractivity contribution >= 4 is 18.3 Å². The van der Waals surface area contributed by atoms with Crippen LogP contribution in [-0.2, 0) is 10.2 Å². The van der Waals surface area contributed by atoms with Crippen LogP contribution in [0.4, 0.5) is 0 Å². The first-order valence-electron chi connectivity index (χ1n) is 8.65. The van der Waals surface area contributed by atoms with E-state index in [0.29, 0.717) is 6.79 Å². The number of amides is 1. The van der Waals surface area contributed by atoms with Gasteiger partial charge in [-0.05, 0) is 30.5 Å². The van der Waals surface area contributed by atoms with Crippen LogP contribution >= 0.6 is 12.4 Å². The average Bonchev–Trinajstić information content (AvgIpc) is 3.00. The van der Waals surface area contributed by atoms with Gasteiger partial charge in [-0.1, -0.05) is 25.3 Å². The van der Waals surface area contributed by atoms with Gasteiger partial charge >= 0.3 is 0 Å². The summed E-state index contributed by atoms with van der Waals surface area (Å²) in [5.41, 5.74) is 1.31. The molecular formula is C18H25ClN2O3. The SMILES string of the molecule is Cl.O=C(NCC1(c2ccc3c(c2)OCO3)CCCCC1)C1CNC1. The molecule has 2 heterocycles. The lowest BCUT2D eigenvalue weighted by atomic mass is 9.69. The molecule has 132 valence electrons. The third-order valence-corrected chi connectivity index (χ3v) is 5.55. The Kier molecular flexibility index (Phi) is 5.21. The van der Waals surface area contributed by atoms with Crippen molar-refractivity contribution in [3.8, 4) is 11.5 Å². The van der Waals surface area contributed by atoms with Crippen LogP contribution in [0.25, 0.3) is 0 Å². The van der Waals surface area contributed by atoms with E-state index in [9.17, 15) is 4.79 Å². The first kappa shape index (κ1) is 17.4. The predicted octanol–water partition coefficient (Wildman–Crippen LogP) is 2.37. The second-order valence-electron chi connectivity index (χ2n) is 6.98. The van der Waals surface area contributed by atoms with Gasteiger partial charge in [0.2, 0.25) is 12.7 Å². The largest absolute Gasteiger partial charge is 0.454 e. The van der Waals surface area contributed by atoms with Gasteiger partial charge in [0.1, 0.15) is 0 Å². The Hall–Kier alpha value is -1.46. The molecule has 2 aliphatic heterocycles. The van der Waals surface area contributed by atoms with Gasteiger partial charge in [-0.2, -0.15) is 0 Å². The minimum absolute atomic E-state index is 0. The van der Waals surface area contributed by atoms with E-state index in [1.54, 1.807) is 0 Å². The molecule has 3 aliphatic rings. The Balaban J connectivity index is 0.00000169. The summed E-state index contributed by atoms with van der Waals surface area (Å²) >= 11 is 0. The van der Waals surface area contributed by atoms with E-state index in [0.717, 1.165) is 44.0 Å². The zero-order valence-electron chi connectivity index (χ0n) is 13.8. The molecular weight excluding hydrogens is 328 g/mol. The van der Waals surface area contributed by atoms with Gasteiger partial charge in [0.15, 0.2) is 11.5 Å². The summed E-state index contributed by atoms with van der Waals surface area (Å²) < 4.78 is 11.0. The van der Waals surface area contributed by atoms with Crippen LogP contribution in [0.2, 0.25) is 0 Å². The third kappa shape index (κ3) is 3.20. The summed E-state index contributed by atoms with van der Waals surface area (Å²) in [4.78, 5) is 12.2. The Labute approximate surface area is 148 Å². The molecule has 0 unspecified atom stereocenters. The van der Waals surface area contributed by atoms with Gasteiger partial charge in [0, 0.05) is 25.0 Å². The Morgan fingerprint density at radius 1 is 1.17 bits per heavy atom. The van der Waals surface area contributed by atoms with Gasteiger partial charge in [-0.3, -0.25) is 4.79 Å². The molecule has 2 fully saturated rings. The Bertz CT molecular complexity index is 598. The number of carbonyl (C=O) groups is 1. The van der Waals surface area contributed by atoms with E-state index in [1.807, 2.05) is 6.07 Å². The first-order valence-corrected chi connectivity index (χ1v) is 8.65. The minimum Gasteiger partial charge on any atom is -0.454 e. The lowest BCUT2D eigenvalue weighted by Gasteiger charge is -2.39. The smallest absolute Gasteiger partial charge is 0.231 e. The number of halogens is 1. The van der Waals surface area contributed by atoms with Crippen LogP contribution < -0.4 is 20.1 Å². The molecule has 1 saturated heterocycles. The average molecular weight is 353 g/mol. The van der Waals surface area contributed by atoms with Crippen LogP contribution in [0.1, 0.15) is 37.7 Å². The van der Waals surface area contributed by atoms with E-state index >= 15 is 0 Å². The molecule has 0 atom stereocenters. The molecule has 24 heavy (non-hydrogen) atoms. The van der Waals surface area contributed by atoms with Crippen LogP contribution in [0, 0.1) is 5.92 Å². The summed E-state index contributed by atoms with van der Waals surface area (Å²) in [6.45, 7) is 2.64. The number of rotatable bonds is 4. The van der Waals surface area contributed by atoms with Gasteiger partial charge in [0.05, 0.1) is 5.92 Å². The fraction of sp³-hybridized carbons (Fsp3) is 0.611. The topological polar surface area (TPSA) is 59.6 Å². The fourth-order valence-electron chi connectivity index (χ4n) is 3.90. The summed E-state index contributed by atoms with van der Waals surface area (Å²) in [6.07, 6.45) is 5.96. The standard InChI is InChI=1S/C18H24N2O3.ClH/c21-17(13-9-19-10-13)20-11-18(6-2-1-3-7-18)14-4-5-15-16(8-14)23-12-22-15;/h4-5,8,13,19H,1-3,6-7,9-12H2,(H,20,21);1H. The zero-order valence-corrected chi connectivity index (χ0v) is 14.6. The molecule has 6 heteroatoms. The second-order valence-corrected chi connectivity index (χ2v) is 6.98. The molecule has 0 spiro atoms. The molecule has 0 bridgehead atoms. The summed E-state index contributed by atoms with van der Waals surface area (Å²) in [5.74, 6) is 1.99. The number of carbonyl (C=O) groups excluding carboxylic acids is 1. The van der Waals surface area contributed by atoms with Crippen molar-refractivity contribution in [3.63, 3.8) is 0 Å². The first-order chi connectivity index (χ1) is 11.3. The van der Waals surface area contributed by atoms with Crippen LogP contribution in [0.5, 0.6) is 11.5 Å². The number of benzene rings is 1. The van der Waals surface area contributed by atoms with Gasteiger partial charge in [-0.25, -0.2) is 0 Å². The quantitative estimate of drug-likeness (QED) is 0.873. The molecule has 1 aromatic rings. The second kappa shape index (κ2) is 7.19. The van der Waals surface area contributed by atoms with Crippen molar-refractivity contribution in [2.45, 2.75) is 37.5 Å². The molecule has 0 radical (unpaired) electrons. The molecule has 4 rings (SSSR count). The maximum atomic E-state index is 12.2. The van der Waals surface area contributed by atoms with E-state index in [4.69, 9.17) is 9.47 Å². The highest BCUT2D eigenvalue weighted by molar-refractivity contribution is 5.85. The zero-order chi connectivity index (χ0) is 15.7. The minimum atomic E-state index is 0. The van der Waals surface area contributed by atoms with Crippen molar-refractivity contribution in [3.05, 3.63) is 23.8 Å². The van der Waals surface area contributed by atoms with Crippen molar-refractivity contribution in [2.75, 3.05) is 26.4 Å². The molecule has 1 aromatic carbocycles. The van der Waals surface area contributed by atoms with Gasteiger partial charge in [0.25, 0.3) is 0 Å². The number of nitrogens with one attached hydrogen (secondary N) is 2. The summed E-state index contributed by atoms with van der Waals surface area (Å²) in [5, 5.41) is 6.37. The number of ether oxygens (including phenoxy) is 2.